The Kier molecular flexibility index (Phi) is 6.66. The molecule has 0 bridgehead atoms. The van der Waals surface area contributed by atoms with Crippen LogP contribution in [0.3, 0.4) is 0 Å². The van der Waals surface area contributed by atoms with Gasteiger partial charge in [-0.2, -0.15) is 5.10 Å². The maximum absolute atomic E-state index is 4.93. The molecule has 0 atom stereocenters. The summed E-state index contributed by atoms with van der Waals surface area (Å²) in [6.45, 7) is 1.53. The number of aromatic amines is 2. The number of imidazole rings is 1. The van der Waals surface area contributed by atoms with Crippen molar-refractivity contribution in [2.75, 3.05) is 0 Å². The first-order valence-corrected chi connectivity index (χ1v) is 13.1. The summed E-state index contributed by atoms with van der Waals surface area (Å²) < 4.78 is 0. The van der Waals surface area contributed by atoms with Gasteiger partial charge in [-0.3, -0.25) is 15.1 Å². The van der Waals surface area contributed by atoms with Crippen LogP contribution >= 0.6 is 11.3 Å². The molecule has 8 nitrogen and oxygen atoms in total. The van der Waals surface area contributed by atoms with Crippen LogP contribution in [-0.2, 0) is 13.1 Å². The van der Waals surface area contributed by atoms with Crippen molar-refractivity contribution < 1.29 is 0 Å². The molecule has 9 heteroatoms. The fourth-order valence-corrected chi connectivity index (χ4v) is 5.33. The predicted molar refractivity (Wildman–Crippen MR) is 157 cm³/mol. The van der Waals surface area contributed by atoms with E-state index in [1.54, 1.807) is 17.5 Å². The van der Waals surface area contributed by atoms with Crippen LogP contribution in [0.15, 0.2) is 91.0 Å². The van der Waals surface area contributed by atoms with Crippen molar-refractivity contribution >= 4 is 33.4 Å². The highest BCUT2D eigenvalue weighted by Crippen LogP contribution is 2.33. The average Bonchev–Trinajstić information content (AvgIpc) is 3.73. The molecule has 6 heterocycles. The van der Waals surface area contributed by atoms with E-state index >= 15 is 0 Å². The number of rotatable bonds is 7. The molecule has 0 radical (unpaired) electrons. The molecule has 39 heavy (non-hydrogen) atoms. The Morgan fingerprint density at radius 2 is 1.67 bits per heavy atom. The Morgan fingerprint density at radius 1 is 0.821 bits per heavy atom. The van der Waals surface area contributed by atoms with Gasteiger partial charge in [-0.25, -0.2) is 9.97 Å². The number of H-pyrrole nitrogens is 2. The van der Waals surface area contributed by atoms with Gasteiger partial charge in [0, 0.05) is 59.4 Å². The van der Waals surface area contributed by atoms with E-state index in [1.165, 1.54) is 5.56 Å². The van der Waals surface area contributed by atoms with Crippen LogP contribution in [0.25, 0.3) is 55.2 Å². The van der Waals surface area contributed by atoms with Crippen LogP contribution in [0.1, 0.15) is 18.6 Å². The van der Waals surface area contributed by atoms with Gasteiger partial charge in [-0.1, -0.05) is 43.8 Å². The highest BCUT2D eigenvalue weighted by atomic mass is 32.1. The second-order valence-corrected chi connectivity index (χ2v) is 9.96. The molecule has 0 aliphatic rings. The predicted octanol–water partition coefficient (Wildman–Crippen LogP) is 6.61. The normalized spacial score (nSPS) is 11.2. The molecule has 0 unspecified atom stereocenters. The van der Waals surface area contributed by atoms with Gasteiger partial charge in [0.1, 0.15) is 11.2 Å². The number of aromatic nitrogens is 7. The minimum atomic E-state index is 0. The van der Waals surface area contributed by atoms with Crippen LogP contribution in [0.2, 0.25) is 0 Å². The van der Waals surface area contributed by atoms with Crippen molar-refractivity contribution in [3.8, 4) is 33.1 Å². The molecular formula is C30H26N8S. The second kappa shape index (κ2) is 10.6. The molecular weight excluding hydrogens is 504 g/mol. The lowest BCUT2D eigenvalue weighted by atomic mass is 10.1. The van der Waals surface area contributed by atoms with Gasteiger partial charge < -0.3 is 10.3 Å². The number of nitrogens with one attached hydrogen (secondary N) is 3. The first kappa shape index (κ1) is 24.6. The first-order chi connectivity index (χ1) is 18.8. The molecule has 0 aliphatic carbocycles. The van der Waals surface area contributed by atoms with E-state index in [0.717, 1.165) is 62.3 Å². The zero-order valence-electron chi connectivity index (χ0n) is 20.2. The van der Waals surface area contributed by atoms with Gasteiger partial charge in [0.15, 0.2) is 11.5 Å². The maximum Gasteiger partial charge on any atom is 0.181 e. The summed E-state index contributed by atoms with van der Waals surface area (Å²) in [7, 11) is 0. The first-order valence-electron chi connectivity index (χ1n) is 12.2. The van der Waals surface area contributed by atoms with Crippen molar-refractivity contribution in [1.29, 1.82) is 0 Å². The molecule has 0 spiro atoms. The highest BCUT2D eigenvalue weighted by molar-refractivity contribution is 7.13. The molecule has 3 N–H and O–H groups in total. The lowest BCUT2D eigenvalue weighted by Gasteiger charge is -2.07. The maximum atomic E-state index is 4.93. The molecule has 192 valence electrons. The number of nitrogens with zero attached hydrogens (tertiary/aromatic N) is 5. The van der Waals surface area contributed by atoms with Gasteiger partial charge in [0.2, 0.25) is 0 Å². The number of hydrogen-bond acceptors (Lipinski definition) is 7. The number of benzene rings is 1. The number of hydrogen-bond donors (Lipinski definition) is 3. The third-order valence-corrected chi connectivity index (χ3v) is 7.36. The average molecular weight is 531 g/mol. The molecule has 0 amide bonds. The van der Waals surface area contributed by atoms with E-state index in [9.17, 15) is 0 Å². The van der Waals surface area contributed by atoms with Crippen molar-refractivity contribution in [1.82, 2.24) is 40.4 Å². The number of thiophene rings is 1. The summed E-state index contributed by atoms with van der Waals surface area (Å²) in [5.74, 6) is 0.698. The fourth-order valence-electron chi connectivity index (χ4n) is 4.59. The largest absolute Gasteiger partial charge is 0.335 e. The molecule has 0 aliphatic heterocycles. The minimum Gasteiger partial charge on any atom is -0.335 e. The molecule has 6 aromatic heterocycles. The molecule has 7 aromatic rings. The summed E-state index contributed by atoms with van der Waals surface area (Å²) in [5, 5.41) is 14.0. The summed E-state index contributed by atoms with van der Waals surface area (Å²) in [5.41, 5.74) is 8.51. The van der Waals surface area contributed by atoms with Crippen molar-refractivity contribution in [2.24, 2.45) is 0 Å². The van der Waals surface area contributed by atoms with E-state index in [0.29, 0.717) is 11.5 Å². The Hall–Kier alpha value is -4.73. The van der Waals surface area contributed by atoms with Gasteiger partial charge in [-0.15, -0.1) is 11.3 Å². The second-order valence-electron chi connectivity index (χ2n) is 9.01. The zero-order valence-corrected chi connectivity index (χ0v) is 21.0. The molecule has 1 aromatic carbocycles. The topological polar surface area (TPSA) is 108 Å². The SMILES string of the molecule is C.c1ccc(CNCc2cncc(-c3cnc4n[nH]c(-c5nc6c(-c7cccs7)cncc6[nH]5)c4c3)c2)cc1. The van der Waals surface area contributed by atoms with Gasteiger partial charge in [0.25, 0.3) is 0 Å². The van der Waals surface area contributed by atoms with Gasteiger partial charge in [0.05, 0.1) is 17.1 Å². The molecule has 0 fully saturated rings. The van der Waals surface area contributed by atoms with Crippen molar-refractivity contribution in [3.05, 3.63) is 102 Å². The van der Waals surface area contributed by atoms with E-state index in [-0.39, 0.29) is 7.43 Å². The lowest BCUT2D eigenvalue weighted by Crippen LogP contribution is -2.12. The Balaban J connectivity index is 0.00000277. The smallest absolute Gasteiger partial charge is 0.181 e. The summed E-state index contributed by atoms with van der Waals surface area (Å²) >= 11 is 1.67. The molecule has 0 saturated carbocycles. The van der Waals surface area contributed by atoms with Crippen molar-refractivity contribution in [2.45, 2.75) is 20.5 Å². The Morgan fingerprint density at radius 3 is 2.54 bits per heavy atom. The standard InChI is InChI=1S/C29H22N8S.CH4/c1-2-5-18(6-3-1)11-30-12-19-9-20(14-31-13-19)21-10-22-27(36-37-28(22)33-15-21)29-34-24-17-32-16-23(26(24)35-29)25-7-4-8-38-25;/h1-10,13-17,30H,11-12H2,(H,34,35)(H,33,36,37);1H4. The van der Waals surface area contributed by atoms with Crippen molar-refractivity contribution in [3.63, 3.8) is 0 Å². The van der Waals surface area contributed by atoms with E-state index < -0.39 is 0 Å². The highest BCUT2D eigenvalue weighted by Gasteiger charge is 2.16. The van der Waals surface area contributed by atoms with E-state index in [4.69, 9.17) is 4.98 Å². The summed E-state index contributed by atoms with van der Waals surface area (Å²) in [4.78, 5) is 23.0. The molecule has 0 saturated heterocycles. The number of fused-ring (bicyclic) bond motifs is 2. The van der Waals surface area contributed by atoms with Crippen LogP contribution in [0.5, 0.6) is 0 Å². The zero-order chi connectivity index (χ0) is 25.3. The molecule has 7 rings (SSSR count). The van der Waals surface area contributed by atoms with E-state index in [1.807, 2.05) is 36.9 Å². The summed E-state index contributed by atoms with van der Waals surface area (Å²) in [6, 6.07) is 18.7. The summed E-state index contributed by atoms with van der Waals surface area (Å²) in [6.07, 6.45) is 9.25. The van der Waals surface area contributed by atoms with Crippen LogP contribution in [0.4, 0.5) is 0 Å². The van der Waals surface area contributed by atoms with Crippen LogP contribution < -0.4 is 5.32 Å². The number of pyridine rings is 3. The fraction of sp³-hybridized carbons (Fsp3) is 0.100. The van der Waals surface area contributed by atoms with E-state index in [2.05, 4.69) is 83.3 Å². The third-order valence-electron chi connectivity index (χ3n) is 6.46. The third kappa shape index (κ3) is 4.81. The minimum absolute atomic E-state index is 0. The Bertz CT molecular complexity index is 1860. The van der Waals surface area contributed by atoms with Crippen LogP contribution in [0, 0.1) is 0 Å². The van der Waals surface area contributed by atoms with Gasteiger partial charge in [-0.05, 0) is 34.7 Å². The Labute approximate surface area is 229 Å². The van der Waals surface area contributed by atoms with Crippen LogP contribution in [-0.4, -0.2) is 35.1 Å². The lowest BCUT2D eigenvalue weighted by molar-refractivity contribution is 0.691. The van der Waals surface area contributed by atoms with Gasteiger partial charge >= 0.3 is 0 Å². The monoisotopic (exact) mass is 530 g/mol. The quantitative estimate of drug-likeness (QED) is 0.214.